The predicted octanol–water partition coefficient (Wildman–Crippen LogP) is 3.27. The van der Waals surface area contributed by atoms with Crippen molar-refractivity contribution in [3.8, 4) is 0 Å². The quantitative estimate of drug-likeness (QED) is 0.830. The molecule has 2 aliphatic rings. The number of hydrogen-bond acceptors (Lipinski definition) is 4. The number of rotatable bonds is 5. The van der Waals surface area contributed by atoms with Crippen molar-refractivity contribution >= 4 is 5.91 Å². The fraction of sp³-hybridized carbons (Fsp3) is 0.789. The Labute approximate surface area is 145 Å². The molecule has 2 heterocycles. The molecular formula is C19H31N3O2. The number of carbonyl (C=O) groups is 1. The van der Waals surface area contributed by atoms with Crippen molar-refractivity contribution in [3.63, 3.8) is 0 Å². The number of likely N-dealkylation sites (tertiary alicyclic amines) is 1. The third kappa shape index (κ3) is 4.38. The summed E-state index contributed by atoms with van der Waals surface area (Å²) in [5, 5.41) is 4.22. The summed E-state index contributed by atoms with van der Waals surface area (Å²) in [6.45, 7) is 9.88. The Morgan fingerprint density at radius 3 is 2.54 bits per heavy atom. The lowest BCUT2D eigenvalue weighted by Gasteiger charge is -2.35. The number of hydrogen-bond donors (Lipinski definition) is 0. The number of amides is 1. The van der Waals surface area contributed by atoms with Crippen LogP contribution in [0.25, 0.3) is 0 Å². The normalized spacial score (nSPS) is 20.3. The maximum atomic E-state index is 12.3. The fourth-order valence-electron chi connectivity index (χ4n) is 3.56. The van der Waals surface area contributed by atoms with E-state index in [-0.39, 0.29) is 11.3 Å². The third-order valence-corrected chi connectivity index (χ3v) is 5.17. The molecule has 3 rings (SSSR count). The van der Waals surface area contributed by atoms with Gasteiger partial charge in [-0.3, -0.25) is 9.69 Å². The number of carbonyl (C=O) groups excluding carboxylic acids is 1. The molecule has 0 radical (unpaired) electrons. The van der Waals surface area contributed by atoms with Crippen molar-refractivity contribution < 1.29 is 9.32 Å². The predicted molar refractivity (Wildman–Crippen MR) is 93.6 cm³/mol. The molecule has 0 N–H and O–H groups in total. The number of piperidine rings is 1. The van der Waals surface area contributed by atoms with Crippen molar-refractivity contribution in [2.45, 2.75) is 58.9 Å². The van der Waals surface area contributed by atoms with E-state index in [0.29, 0.717) is 11.8 Å². The van der Waals surface area contributed by atoms with Gasteiger partial charge in [-0.1, -0.05) is 25.9 Å². The molecule has 24 heavy (non-hydrogen) atoms. The van der Waals surface area contributed by atoms with Gasteiger partial charge in [0, 0.05) is 37.5 Å². The van der Waals surface area contributed by atoms with Gasteiger partial charge in [-0.25, -0.2) is 0 Å². The molecule has 5 heteroatoms. The Kier molecular flexibility index (Phi) is 5.00. The van der Waals surface area contributed by atoms with E-state index in [2.05, 4.69) is 16.1 Å². The zero-order valence-electron chi connectivity index (χ0n) is 15.5. The topological polar surface area (TPSA) is 49.6 Å². The first kappa shape index (κ1) is 17.5. The smallest absolute Gasteiger partial charge is 0.227 e. The summed E-state index contributed by atoms with van der Waals surface area (Å²) in [5.74, 6) is 2.55. The van der Waals surface area contributed by atoms with E-state index in [1.54, 1.807) is 0 Å². The van der Waals surface area contributed by atoms with Crippen LogP contribution in [-0.2, 0) is 11.3 Å². The lowest BCUT2D eigenvalue weighted by molar-refractivity contribution is -0.138. The summed E-state index contributed by atoms with van der Waals surface area (Å²) in [7, 11) is 1.94. The molecular weight excluding hydrogens is 302 g/mol. The van der Waals surface area contributed by atoms with E-state index in [4.69, 9.17) is 4.52 Å². The van der Waals surface area contributed by atoms with Crippen molar-refractivity contribution in [1.29, 1.82) is 0 Å². The van der Waals surface area contributed by atoms with Crippen LogP contribution < -0.4 is 0 Å². The van der Waals surface area contributed by atoms with Crippen LogP contribution in [0.3, 0.4) is 0 Å². The zero-order valence-corrected chi connectivity index (χ0v) is 15.5. The first-order valence-electron chi connectivity index (χ1n) is 9.26. The lowest BCUT2D eigenvalue weighted by Crippen LogP contribution is -2.42. The minimum Gasteiger partial charge on any atom is -0.361 e. The van der Waals surface area contributed by atoms with Gasteiger partial charge in [0.2, 0.25) is 5.91 Å². The zero-order chi connectivity index (χ0) is 17.3. The van der Waals surface area contributed by atoms with Crippen LogP contribution >= 0.6 is 0 Å². The van der Waals surface area contributed by atoms with Gasteiger partial charge >= 0.3 is 0 Å². The minimum atomic E-state index is -0.290. The second-order valence-corrected chi connectivity index (χ2v) is 8.65. The highest BCUT2D eigenvalue weighted by atomic mass is 16.5. The summed E-state index contributed by atoms with van der Waals surface area (Å²) in [5.41, 5.74) is 0.775. The molecule has 1 amide bonds. The highest BCUT2D eigenvalue weighted by molar-refractivity contribution is 5.81. The molecule has 1 saturated carbocycles. The highest BCUT2D eigenvalue weighted by Crippen LogP contribution is 2.40. The Hall–Kier alpha value is -1.36. The third-order valence-electron chi connectivity index (χ3n) is 5.17. The molecule has 0 atom stereocenters. The SMILES string of the molecule is CN(CC1CCN(Cc2cc(C3CC3)on2)CC1)C(=O)C(C)(C)C. The van der Waals surface area contributed by atoms with Crippen molar-refractivity contribution in [2.75, 3.05) is 26.7 Å². The average molecular weight is 333 g/mol. The van der Waals surface area contributed by atoms with Crippen LogP contribution in [0.5, 0.6) is 0 Å². The second-order valence-electron chi connectivity index (χ2n) is 8.65. The van der Waals surface area contributed by atoms with Gasteiger partial charge in [-0.2, -0.15) is 0 Å². The average Bonchev–Trinajstić information content (AvgIpc) is 3.28. The standard InChI is InChI=1S/C19H31N3O2/c1-19(2,3)18(23)21(4)12-14-7-9-22(10-8-14)13-16-11-17(24-20-16)15-5-6-15/h11,14-15H,5-10,12-13H2,1-4H3. The van der Waals surface area contributed by atoms with Gasteiger partial charge in [-0.05, 0) is 44.7 Å². The van der Waals surface area contributed by atoms with E-state index in [1.165, 1.54) is 12.8 Å². The first-order chi connectivity index (χ1) is 11.3. The molecule has 0 aromatic carbocycles. The Morgan fingerprint density at radius 1 is 1.29 bits per heavy atom. The molecule has 1 saturated heterocycles. The van der Waals surface area contributed by atoms with Crippen LogP contribution in [0.4, 0.5) is 0 Å². The summed E-state index contributed by atoms with van der Waals surface area (Å²) < 4.78 is 5.44. The molecule has 2 fully saturated rings. The van der Waals surface area contributed by atoms with Gasteiger partial charge in [-0.15, -0.1) is 0 Å². The van der Waals surface area contributed by atoms with E-state index in [1.807, 2.05) is 32.7 Å². The van der Waals surface area contributed by atoms with Gasteiger partial charge in [0.1, 0.15) is 5.76 Å². The van der Waals surface area contributed by atoms with Crippen LogP contribution in [0.2, 0.25) is 0 Å². The second kappa shape index (κ2) is 6.87. The largest absolute Gasteiger partial charge is 0.361 e. The van der Waals surface area contributed by atoms with E-state index in [0.717, 1.165) is 50.5 Å². The molecule has 1 aliphatic carbocycles. The van der Waals surface area contributed by atoms with Gasteiger partial charge < -0.3 is 9.42 Å². The molecule has 0 bridgehead atoms. The van der Waals surface area contributed by atoms with E-state index < -0.39 is 0 Å². The lowest BCUT2D eigenvalue weighted by atomic mass is 9.92. The van der Waals surface area contributed by atoms with Crippen molar-refractivity contribution in [3.05, 3.63) is 17.5 Å². The summed E-state index contributed by atoms with van der Waals surface area (Å²) in [6.07, 6.45) is 4.80. The molecule has 1 aromatic heterocycles. The van der Waals surface area contributed by atoms with Crippen LogP contribution in [-0.4, -0.2) is 47.5 Å². The number of nitrogens with zero attached hydrogens (tertiary/aromatic N) is 3. The van der Waals surface area contributed by atoms with Crippen LogP contribution in [0, 0.1) is 11.3 Å². The monoisotopic (exact) mass is 333 g/mol. The molecule has 134 valence electrons. The maximum absolute atomic E-state index is 12.3. The van der Waals surface area contributed by atoms with Crippen LogP contribution in [0.1, 0.15) is 63.8 Å². The minimum absolute atomic E-state index is 0.236. The van der Waals surface area contributed by atoms with E-state index in [9.17, 15) is 4.79 Å². The van der Waals surface area contributed by atoms with E-state index >= 15 is 0 Å². The van der Waals surface area contributed by atoms with Crippen LogP contribution in [0.15, 0.2) is 10.6 Å². The van der Waals surface area contributed by atoms with Gasteiger partial charge in [0.15, 0.2) is 0 Å². The van der Waals surface area contributed by atoms with Gasteiger partial charge in [0.25, 0.3) is 0 Å². The van der Waals surface area contributed by atoms with Crippen molar-refractivity contribution in [2.24, 2.45) is 11.3 Å². The summed E-state index contributed by atoms with van der Waals surface area (Å²) in [4.78, 5) is 16.7. The highest BCUT2D eigenvalue weighted by Gasteiger charge is 2.29. The Morgan fingerprint density at radius 2 is 1.96 bits per heavy atom. The molecule has 1 aliphatic heterocycles. The molecule has 1 aromatic rings. The maximum Gasteiger partial charge on any atom is 0.227 e. The number of aromatic nitrogens is 1. The molecule has 0 spiro atoms. The summed E-state index contributed by atoms with van der Waals surface area (Å²) in [6, 6.07) is 2.14. The van der Waals surface area contributed by atoms with Gasteiger partial charge in [0.05, 0.1) is 5.69 Å². The van der Waals surface area contributed by atoms with Crippen molar-refractivity contribution in [1.82, 2.24) is 15.0 Å². The Balaban J connectivity index is 1.42. The molecule has 5 nitrogen and oxygen atoms in total. The Bertz CT molecular complexity index is 563. The summed E-state index contributed by atoms with van der Waals surface area (Å²) >= 11 is 0. The molecule has 0 unspecified atom stereocenters. The fourth-order valence-corrected chi connectivity index (χ4v) is 3.56. The first-order valence-corrected chi connectivity index (χ1v) is 9.26.